The fourth-order valence-corrected chi connectivity index (χ4v) is 0.313. The Hall–Kier alpha value is 0.681. The molecule has 1 heterocycles. The fourth-order valence-electron chi connectivity index (χ4n) is 0.313. The molecule has 1 aromatic rings. The van der Waals surface area contributed by atoms with Crippen molar-refractivity contribution in [2.45, 2.75) is 0 Å². The minimum atomic E-state index is 0. The van der Waals surface area contributed by atoms with E-state index in [2.05, 4.69) is 4.98 Å². The van der Waals surface area contributed by atoms with Crippen molar-refractivity contribution in [1.29, 1.82) is 0 Å². The minimum absolute atomic E-state index is 0. The van der Waals surface area contributed by atoms with Crippen LogP contribution in [-0.4, -0.2) is 53.9 Å². The average molecular weight is 232 g/mol. The van der Waals surface area contributed by atoms with E-state index in [9.17, 15) is 0 Å². The van der Waals surface area contributed by atoms with Crippen molar-refractivity contribution in [3.8, 4) is 0 Å². The first-order chi connectivity index (χ1) is 3.00. The van der Waals surface area contributed by atoms with Gasteiger partial charge in [-0.25, -0.2) is 0 Å². The summed E-state index contributed by atoms with van der Waals surface area (Å²) in [5.74, 6) is 0. The van der Waals surface area contributed by atoms with E-state index in [0.717, 1.165) is 0 Å². The van der Waals surface area contributed by atoms with Gasteiger partial charge in [0, 0.05) is 12.4 Å². The Morgan fingerprint density at radius 3 is 1.50 bits per heavy atom. The molecule has 0 fully saturated rings. The molecule has 0 aliphatic carbocycles. The molecule has 0 N–H and O–H groups in total. The van der Waals surface area contributed by atoms with Crippen molar-refractivity contribution < 1.29 is 5.48 Å². The summed E-state index contributed by atoms with van der Waals surface area (Å²) >= 11 is 0. The van der Waals surface area contributed by atoms with Crippen molar-refractivity contribution in [2.75, 3.05) is 0 Å². The average Bonchev–Trinajstić information content (AvgIpc) is 1.72. The molecule has 0 bridgehead atoms. The van der Waals surface area contributed by atoms with Gasteiger partial charge in [-0.3, -0.25) is 4.98 Å². The third-order valence-corrected chi connectivity index (χ3v) is 0.566. The standard InChI is InChI=1S/C5H5N.Ba.O/c1-2-4-6-5-3-1;;/h1-5H;;/q;+2;-2. The van der Waals surface area contributed by atoms with Crippen LogP contribution >= 0.6 is 0 Å². The Balaban J connectivity index is 0. The molecular formula is C5H5BaNO. The van der Waals surface area contributed by atoms with Crippen molar-refractivity contribution in [3.05, 3.63) is 30.6 Å². The summed E-state index contributed by atoms with van der Waals surface area (Å²) < 4.78 is 0. The summed E-state index contributed by atoms with van der Waals surface area (Å²) in [7, 11) is 0. The first kappa shape index (κ1) is 11.5. The van der Waals surface area contributed by atoms with Gasteiger partial charge in [0.05, 0.1) is 0 Å². The maximum atomic E-state index is 3.78. The van der Waals surface area contributed by atoms with E-state index in [-0.39, 0.29) is 54.4 Å². The first-order valence-electron chi connectivity index (χ1n) is 1.85. The van der Waals surface area contributed by atoms with Crippen LogP contribution in [-0.2, 0) is 5.48 Å². The SMILES string of the molecule is [Ba+2].[O-2].c1ccncc1. The molecular weight excluding hydrogens is 227 g/mol. The van der Waals surface area contributed by atoms with Gasteiger partial charge in [-0.15, -0.1) is 0 Å². The molecule has 0 saturated carbocycles. The molecule has 8 heavy (non-hydrogen) atoms. The van der Waals surface area contributed by atoms with Gasteiger partial charge in [-0.1, -0.05) is 6.07 Å². The van der Waals surface area contributed by atoms with Gasteiger partial charge >= 0.3 is 48.9 Å². The molecule has 0 atom stereocenters. The van der Waals surface area contributed by atoms with Crippen molar-refractivity contribution in [1.82, 2.24) is 4.98 Å². The zero-order valence-corrected chi connectivity index (χ0v) is 8.89. The first-order valence-corrected chi connectivity index (χ1v) is 1.85. The molecule has 2 nitrogen and oxygen atoms in total. The molecule has 0 unspecified atom stereocenters. The Bertz CT molecular complexity index is 84.4. The van der Waals surface area contributed by atoms with Crippen LogP contribution in [0.25, 0.3) is 0 Å². The number of rotatable bonds is 0. The van der Waals surface area contributed by atoms with Crippen LogP contribution in [0.4, 0.5) is 0 Å². The quantitative estimate of drug-likeness (QED) is 0.603. The summed E-state index contributed by atoms with van der Waals surface area (Å²) in [4.78, 5) is 3.78. The normalized spacial score (nSPS) is 6.00. The van der Waals surface area contributed by atoms with Crippen molar-refractivity contribution >= 4 is 48.9 Å². The second-order valence-electron chi connectivity index (χ2n) is 1.02. The Morgan fingerprint density at radius 2 is 1.38 bits per heavy atom. The maximum Gasteiger partial charge on any atom is 2.00 e. The molecule has 38 valence electrons. The van der Waals surface area contributed by atoms with E-state index in [1.165, 1.54) is 0 Å². The van der Waals surface area contributed by atoms with E-state index in [4.69, 9.17) is 0 Å². The van der Waals surface area contributed by atoms with Crippen LogP contribution < -0.4 is 0 Å². The summed E-state index contributed by atoms with van der Waals surface area (Å²) in [6, 6.07) is 5.72. The summed E-state index contributed by atoms with van der Waals surface area (Å²) in [5, 5.41) is 0. The van der Waals surface area contributed by atoms with Gasteiger partial charge in [-0.2, -0.15) is 0 Å². The smallest absolute Gasteiger partial charge is 2.00 e. The monoisotopic (exact) mass is 233 g/mol. The summed E-state index contributed by atoms with van der Waals surface area (Å²) in [6.45, 7) is 0. The predicted octanol–water partition coefficient (Wildman–Crippen LogP) is 0.582. The molecule has 1 rings (SSSR count). The van der Waals surface area contributed by atoms with E-state index >= 15 is 0 Å². The number of hydrogen-bond donors (Lipinski definition) is 0. The van der Waals surface area contributed by atoms with Gasteiger partial charge in [0.2, 0.25) is 0 Å². The minimum Gasteiger partial charge on any atom is -2.00 e. The Morgan fingerprint density at radius 1 is 0.875 bits per heavy atom. The van der Waals surface area contributed by atoms with Crippen molar-refractivity contribution in [2.24, 2.45) is 0 Å². The van der Waals surface area contributed by atoms with Crippen LogP contribution in [0.3, 0.4) is 0 Å². The molecule has 0 radical (unpaired) electrons. The van der Waals surface area contributed by atoms with Crippen molar-refractivity contribution in [3.63, 3.8) is 0 Å². The second-order valence-corrected chi connectivity index (χ2v) is 1.02. The third-order valence-electron chi connectivity index (χ3n) is 0.566. The Kier molecular flexibility index (Phi) is 11.0. The molecule has 0 aliphatic rings. The number of pyridine rings is 1. The van der Waals surface area contributed by atoms with Crippen LogP contribution in [0.15, 0.2) is 30.6 Å². The van der Waals surface area contributed by atoms with Crippen LogP contribution in [0.2, 0.25) is 0 Å². The van der Waals surface area contributed by atoms with E-state index in [1.54, 1.807) is 12.4 Å². The molecule has 0 saturated heterocycles. The van der Waals surface area contributed by atoms with Gasteiger partial charge in [0.25, 0.3) is 0 Å². The van der Waals surface area contributed by atoms with Gasteiger partial charge in [-0.05, 0) is 12.1 Å². The van der Waals surface area contributed by atoms with Crippen LogP contribution in [0.5, 0.6) is 0 Å². The van der Waals surface area contributed by atoms with Gasteiger partial charge in [0.1, 0.15) is 0 Å². The summed E-state index contributed by atoms with van der Waals surface area (Å²) in [6.07, 6.45) is 3.50. The van der Waals surface area contributed by atoms with E-state index in [0.29, 0.717) is 0 Å². The second kappa shape index (κ2) is 7.68. The molecule has 3 heteroatoms. The Labute approximate surface area is 88.7 Å². The number of aromatic nitrogens is 1. The molecule has 0 aliphatic heterocycles. The molecule has 0 aromatic carbocycles. The van der Waals surface area contributed by atoms with Gasteiger partial charge in [0.15, 0.2) is 0 Å². The topological polar surface area (TPSA) is 41.4 Å². The molecule has 0 amide bonds. The zero-order chi connectivity index (χ0) is 4.24. The van der Waals surface area contributed by atoms with E-state index in [1.807, 2.05) is 18.2 Å². The predicted molar refractivity (Wildman–Crippen MR) is 30.7 cm³/mol. The fraction of sp³-hybridized carbons (Fsp3) is 0. The largest absolute Gasteiger partial charge is 2.00 e. The van der Waals surface area contributed by atoms with Crippen LogP contribution in [0.1, 0.15) is 0 Å². The summed E-state index contributed by atoms with van der Waals surface area (Å²) in [5.41, 5.74) is 0. The third kappa shape index (κ3) is 4.83. The molecule has 1 aromatic heterocycles. The number of hydrogen-bond acceptors (Lipinski definition) is 1. The molecule has 0 spiro atoms. The van der Waals surface area contributed by atoms with Crippen LogP contribution in [0, 0.1) is 0 Å². The number of nitrogens with zero attached hydrogens (tertiary/aromatic N) is 1. The van der Waals surface area contributed by atoms with Gasteiger partial charge < -0.3 is 5.48 Å². The zero-order valence-electron chi connectivity index (χ0n) is 4.45. The van der Waals surface area contributed by atoms with E-state index < -0.39 is 0 Å². The maximum absolute atomic E-state index is 3.78.